The number of aryl methyl sites for hydroxylation is 2. The van der Waals surface area contributed by atoms with Gasteiger partial charge in [-0.1, -0.05) is 12.1 Å². The highest BCUT2D eigenvalue weighted by Crippen LogP contribution is 2.31. The first-order chi connectivity index (χ1) is 13.4. The second kappa shape index (κ2) is 8.65. The first-order valence-electron chi connectivity index (χ1n) is 9.38. The van der Waals surface area contributed by atoms with E-state index in [-0.39, 0.29) is 10.6 Å². The van der Waals surface area contributed by atoms with Crippen LogP contribution in [0.3, 0.4) is 0 Å². The van der Waals surface area contributed by atoms with Gasteiger partial charge >= 0.3 is 10.1 Å². The molecule has 2 aromatic rings. The maximum atomic E-state index is 12.7. The van der Waals surface area contributed by atoms with E-state index in [1.165, 1.54) is 13.5 Å². The van der Waals surface area contributed by atoms with Gasteiger partial charge in [0.2, 0.25) is 0 Å². The van der Waals surface area contributed by atoms with Crippen molar-refractivity contribution in [3.8, 4) is 11.5 Å². The molecule has 150 valence electrons. The lowest BCUT2D eigenvalue weighted by atomic mass is 10.2. The third kappa shape index (κ3) is 4.84. The van der Waals surface area contributed by atoms with Gasteiger partial charge in [0.25, 0.3) is 0 Å². The van der Waals surface area contributed by atoms with Gasteiger partial charge in [0.05, 0.1) is 13.3 Å². The van der Waals surface area contributed by atoms with E-state index >= 15 is 0 Å². The Morgan fingerprint density at radius 2 is 1.75 bits per heavy atom. The number of nitrogens with zero attached hydrogens (tertiary/aromatic N) is 2. The lowest BCUT2D eigenvalue weighted by Crippen LogP contribution is -2.24. The summed E-state index contributed by atoms with van der Waals surface area (Å²) in [7, 11) is -2.48. The molecular weight excluding hydrogens is 376 g/mol. The van der Waals surface area contributed by atoms with Gasteiger partial charge < -0.3 is 8.92 Å². The largest absolute Gasteiger partial charge is 0.493 e. The van der Waals surface area contributed by atoms with Crippen LogP contribution in [0.5, 0.6) is 11.5 Å². The minimum atomic E-state index is -3.96. The second-order valence-electron chi connectivity index (χ2n) is 6.98. The number of benzene rings is 2. The van der Waals surface area contributed by atoms with Crippen molar-refractivity contribution in [3.05, 3.63) is 53.1 Å². The lowest BCUT2D eigenvalue weighted by Gasteiger charge is -2.23. The van der Waals surface area contributed by atoms with Crippen LogP contribution in [0.2, 0.25) is 0 Å². The second-order valence-corrected chi connectivity index (χ2v) is 8.49. The highest BCUT2D eigenvalue weighted by Gasteiger charge is 2.21. The van der Waals surface area contributed by atoms with Crippen LogP contribution in [0, 0.1) is 13.8 Å². The molecule has 2 aromatic carbocycles. The van der Waals surface area contributed by atoms with Crippen molar-refractivity contribution >= 4 is 16.3 Å². The molecule has 28 heavy (non-hydrogen) atoms. The molecular formula is C21H26N2O4S. The van der Waals surface area contributed by atoms with Gasteiger partial charge in [-0.15, -0.1) is 0 Å². The summed E-state index contributed by atoms with van der Waals surface area (Å²) in [6, 6.07) is 10.3. The van der Waals surface area contributed by atoms with Crippen LogP contribution >= 0.6 is 0 Å². The van der Waals surface area contributed by atoms with E-state index in [1.807, 2.05) is 18.0 Å². The molecule has 0 aliphatic carbocycles. The minimum Gasteiger partial charge on any atom is -0.493 e. The SMILES string of the molecule is COc1cc(/C=N/N2CCCCC2)ccc1OS(=O)(=O)c1cc(C)ccc1C. The van der Waals surface area contributed by atoms with E-state index in [0.29, 0.717) is 11.3 Å². The maximum absolute atomic E-state index is 12.7. The van der Waals surface area contributed by atoms with E-state index in [2.05, 4.69) is 5.10 Å². The van der Waals surface area contributed by atoms with Gasteiger partial charge in [-0.3, -0.25) is 5.01 Å². The Balaban J connectivity index is 1.82. The topological polar surface area (TPSA) is 68.2 Å². The molecule has 0 N–H and O–H groups in total. The van der Waals surface area contributed by atoms with Crippen molar-refractivity contribution in [2.45, 2.75) is 38.0 Å². The number of hydrazone groups is 1. The predicted octanol–water partition coefficient (Wildman–Crippen LogP) is 3.90. The van der Waals surface area contributed by atoms with Crippen molar-refractivity contribution in [2.75, 3.05) is 20.2 Å². The van der Waals surface area contributed by atoms with Gasteiger partial charge in [0, 0.05) is 13.1 Å². The summed E-state index contributed by atoms with van der Waals surface area (Å²) >= 11 is 0. The van der Waals surface area contributed by atoms with Crippen molar-refractivity contribution < 1.29 is 17.3 Å². The van der Waals surface area contributed by atoms with Gasteiger partial charge in [-0.2, -0.15) is 13.5 Å². The molecule has 0 saturated carbocycles. The molecule has 0 aromatic heterocycles. The first kappa shape index (κ1) is 20.2. The highest BCUT2D eigenvalue weighted by molar-refractivity contribution is 7.87. The zero-order valence-electron chi connectivity index (χ0n) is 16.5. The maximum Gasteiger partial charge on any atom is 0.339 e. The summed E-state index contributed by atoms with van der Waals surface area (Å²) in [5.41, 5.74) is 2.30. The van der Waals surface area contributed by atoms with Crippen LogP contribution in [-0.2, 0) is 10.1 Å². The summed E-state index contributed by atoms with van der Waals surface area (Å²) in [6.45, 7) is 5.51. The fourth-order valence-electron chi connectivity index (χ4n) is 3.11. The average molecular weight is 403 g/mol. The normalized spacial score (nSPS) is 15.0. The Bertz CT molecular complexity index is 964. The molecule has 1 heterocycles. The molecule has 0 unspecified atom stereocenters. The van der Waals surface area contributed by atoms with Crippen LogP contribution in [-0.4, -0.2) is 39.8 Å². The van der Waals surface area contributed by atoms with Crippen LogP contribution in [0.4, 0.5) is 0 Å². The monoisotopic (exact) mass is 402 g/mol. The zero-order valence-corrected chi connectivity index (χ0v) is 17.3. The third-order valence-corrected chi connectivity index (χ3v) is 6.08. The van der Waals surface area contributed by atoms with Crippen molar-refractivity contribution in [1.29, 1.82) is 0 Å². The molecule has 0 radical (unpaired) electrons. The molecule has 6 nitrogen and oxygen atoms in total. The van der Waals surface area contributed by atoms with Gasteiger partial charge in [0.15, 0.2) is 11.5 Å². The minimum absolute atomic E-state index is 0.151. The fourth-order valence-corrected chi connectivity index (χ4v) is 4.37. The molecule has 0 atom stereocenters. The molecule has 7 heteroatoms. The third-order valence-electron chi connectivity index (χ3n) is 4.70. The van der Waals surface area contributed by atoms with E-state index in [1.54, 1.807) is 43.5 Å². The Morgan fingerprint density at radius 3 is 2.46 bits per heavy atom. The van der Waals surface area contributed by atoms with Gasteiger partial charge in [0.1, 0.15) is 4.90 Å². The van der Waals surface area contributed by atoms with E-state index in [4.69, 9.17) is 8.92 Å². The van der Waals surface area contributed by atoms with E-state index in [9.17, 15) is 8.42 Å². The molecule has 0 spiro atoms. The van der Waals surface area contributed by atoms with E-state index in [0.717, 1.165) is 37.1 Å². The van der Waals surface area contributed by atoms with Crippen molar-refractivity contribution in [1.82, 2.24) is 5.01 Å². The highest BCUT2D eigenvalue weighted by atomic mass is 32.2. The molecule has 0 bridgehead atoms. The van der Waals surface area contributed by atoms with E-state index < -0.39 is 10.1 Å². The number of hydrogen-bond donors (Lipinski definition) is 0. The number of hydrogen-bond acceptors (Lipinski definition) is 6. The van der Waals surface area contributed by atoms with Crippen LogP contribution in [0.25, 0.3) is 0 Å². The number of piperidine rings is 1. The van der Waals surface area contributed by atoms with Crippen LogP contribution in [0.15, 0.2) is 46.4 Å². The average Bonchev–Trinajstić information content (AvgIpc) is 2.69. The number of methoxy groups -OCH3 is 1. The van der Waals surface area contributed by atoms with Crippen molar-refractivity contribution in [2.24, 2.45) is 5.10 Å². The van der Waals surface area contributed by atoms with Gasteiger partial charge in [-0.25, -0.2) is 0 Å². The standard InChI is InChI=1S/C21H26N2O4S/c1-16-7-8-17(2)21(13-16)28(24,25)27-19-10-9-18(14-20(19)26-3)15-22-23-11-5-4-6-12-23/h7-10,13-15H,4-6,11-12H2,1-3H3/b22-15+. The molecule has 0 amide bonds. The number of ether oxygens (including phenoxy) is 1. The quantitative estimate of drug-likeness (QED) is 0.541. The Hall–Kier alpha value is -2.54. The fraction of sp³-hybridized carbons (Fsp3) is 0.381. The van der Waals surface area contributed by atoms with Crippen molar-refractivity contribution in [3.63, 3.8) is 0 Å². The lowest BCUT2D eigenvalue weighted by molar-refractivity contribution is 0.240. The summed E-state index contributed by atoms with van der Waals surface area (Å²) in [5.74, 6) is 0.495. The summed E-state index contributed by atoms with van der Waals surface area (Å²) < 4.78 is 36.2. The molecule has 1 saturated heterocycles. The van der Waals surface area contributed by atoms with Crippen LogP contribution in [0.1, 0.15) is 36.0 Å². The molecule has 3 rings (SSSR count). The molecule has 1 fully saturated rings. The first-order valence-corrected chi connectivity index (χ1v) is 10.8. The predicted molar refractivity (Wildman–Crippen MR) is 110 cm³/mol. The summed E-state index contributed by atoms with van der Waals surface area (Å²) in [5, 5.41) is 6.54. The Labute approximate surface area is 166 Å². The summed E-state index contributed by atoms with van der Waals surface area (Å²) in [4.78, 5) is 0.158. The Morgan fingerprint density at radius 1 is 1.00 bits per heavy atom. The zero-order chi connectivity index (χ0) is 20.1. The van der Waals surface area contributed by atoms with Crippen LogP contribution < -0.4 is 8.92 Å². The smallest absolute Gasteiger partial charge is 0.339 e. The number of rotatable bonds is 6. The Kier molecular flexibility index (Phi) is 6.24. The molecule has 1 aliphatic rings. The molecule has 1 aliphatic heterocycles. The summed E-state index contributed by atoms with van der Waals surface area (Å²) in [6.07, 6.45) is 5.32. The van der Waals surface area contributed by atoms with Gasteiger partial charge in [-0.05, 0) is 74.1 Å².